The fourth-order valence-electron chi connectivity index (χ4n) is 1.87. The van der Waals surface area contributed by atoms with Crippen LogP contribution in [0.1, 0.15) is 27.3 Å². The predicted molar refractivity (Wildman–Crippen MR) is 71.8 cm³/mol. The van der Waals surface area contributed by atoms with E-state index in [1.807, 2.05) is 20.9 Å². The number of aryl methyl sites for hydroxylation is 3. The van der Waals surface area contributed by atoms with Crippen molar-refractivity contribution in [3.63, 3.8) is 0 Å². The van der Waals surface area contributed by atoms with Crippen LogP contribution in [0.5, 0.6) is 0 Å². The van der Waals surface area contributed by atoms with Gasteiger partial charge < -0.3 is 5.32 Å². The van der Waals surface area contributed by atoms with Gasteiger partial charge in [0.05, 0.1) is 17.1 Å². The first-order valence-electron chi connectivity index (χ1n) is 5.98. The van der Waals surface area contributed by atoms with Gasteiger partial charge in [0, 0.05) is 12.6 Å². The quantitative estimate of drug-likeness (QED) is 0.903. The van der Waals surface area contributed by atoms with E-state index >= 15 is 0 Å². The molecule has 2 aromatic rings. The van der Waals surface area contributed by atoms with E-state index in [1.165, 1.54) is 6.07 Å². The van der Waals surface area contributed by atoms with E-state index in [0.29, 0.717) is 16.8 Å². The maximum absolute atomic E-state index is 13.4. The first-order valence-corrected chi connectivity index (χ1v) is 5.98. The smallest absolute Gasteiger partial charge is 0.255 e. The lowest BCUT2D eigenvalue weighted by atomic mass is 10.1. The van der Waals surface area contributed by atoms with E-state index in [4.69, 9.17) is 0 Å². The topological polar surface area (TPSA) is 46.9 Å². The fourth-order valence-corrected chi connectivity index (χ4v) is 1.87. The van der Waals surface area contributed by atoms with Crippen LogP contribution in [0, 0.1) is 26.6 Å². The Labute approximate surface area is 111 Å². The molecule has 0 aliphatic carbocycles. The van der Waals surface area contributed by atoms with Crippen molar-refractivity contribution in [3.8, 4) is 0 Å². The van der Waals surface area contributed by atoms with E-state index in [9.17, 15) is 9.18 Å². The standard InChI is InChI=1S/C14H16FN3O/c1-8-5-6-11(7-12(8)15)14(19)16-13-9(2)17-18(4)10(13)3/h5-7H,1-4H3,(H,16,19). The van der Waals surface area contributed by atoms with E-state index in [2.05, 4.69) is 10.4 Å². The molecule has 0 fully saturated rings. The number of halogens is 1. The molecule has 0 atom stereocenters. The predicted octanol–water partition coefficient (Wildman–Crippen LogP) is 2.74. The lowest BCUT2D eigenvalue weighted by Crippen LogP contribution is -2.13. The third-order valence-electron chi connectivity index (χ3n) is 3.18. The number of aromatic nitrogens is 2. The normalized spacial score (nSPS) is 10.6. The van der Waals surface area contributed by atoms with E-state index in [-0.39, 0.29) is 11.7 Å². The van der Waals surface area contributed by atoms with Gasteiger partial charge in [-0.3, -0.25) is 9.48 Å². The molecule has 0 aliphatic rings. The Bertz CT molecular complexity index is 646. The Kier molecular flexibility index (Phi) is 3.38. The van der Waals surface area contributed by atoms with Crippen molar-refractivity contribution in [2.24, 2.45) is 7.05 Å². The van der Waals surface area contributed by atoms with Crippen molar-refractivity contribution in [2.75, 3.05) is 5.32 Å². The Morgan fingerprint density at radius 1 is 1.32 bits per heavy atom. The number of anilines is 1. The zero-order valence-electron chi connectivity index (χ0n) is 11.4. The monoisotopic (exact) mass is 261 g/mol. The summed E-state index contributed by atoms with van der Waals surface area (Å²) in [6.45, 7) is 5.34. The Balaban J connectivity index is 2.28. The van der Waals surface area contributed by atoms with Gasteiger partial charge in [-0.25, -0.2) is 4.39 Å². The van der Waals surface area contributed by atoms with Gasteiger partial charge >= 0.3 is 0 Å². The van der Waals surface area contributed by atoms with E-state index in [0.717, 1.165) is 11.4 Å². The molecule has 1 N–H and O–H groups in total. The summed E-state index contributed by atoms with van der Waals surface area (Å²) >= 11 is 0. The van der Waals surface area contributed by atoms with Gasteiger partial charge in [-0.2, -0.15) is 5.10 Å². The molecule has 1 aromatic carbocycles. The minimum Gasteiger partial charge on any atom is -0.319 e. The van der Waals surface area contributed by atoms with Crippen LogP contribution < -0.4 is 5.32 Å². The molecule has 0 aliphatic heterocycles. The van der Waals surface area contributed by atoms with Crippen molar-refractivity contribution in [1.29, 1.82) is 0 Å². The van der Waals surface area contributed by atoms with Gasteiger partial charge in [0.2, 0.25) is 0 Å². The number of benzene rings is 1. The average Bonchev–Trinajstić information content (AvgIpc) is 2.59. The SMILES string of the molecule is Cc1ccc(C(=O)Nc2c(C)nn(C)c2C)cc1F. The van der Waals surface area contributed by atoms with Gasteiger partial charge in [-0.15, -0.1) is 0 Å². The molecular weight excluding hydrogens is 245 g/mol. The number of nitrogens with one attached hydrogen (secondary N) is 1. The summed E-state index contributed by atoms with van der Waals surface area (Å²) in [7, 11) is 1.81. The third-order valence-corrected chi connectivity index (χ3v) is 3.18. The number of amides is 1. The second kappa shape index (κ2) is 4.84. The second-order valence-corrected chi connectivity index (χ2v) is 4.59. The number of rotatable bonds is 2. The van der Waals surface area contributed by atoms with Crippen molar-refractivity contribution < 1.29 is 9.18 Å². The summed E-state index contributed by atoms with van der Waals surface area (Å²) in [5, 5.41) is 6.99. The van der Waals surface area contributed by atoms with Crippen LogP contribution in [0.3, 0.4) is 0 Å². The van der Waals surface area contributed by atoms with Gasteiger partial charge in [0.25, 0.3) is 5.91 Å². The van der Waals surface area contributed by atoms with Crippen LogP contribution >= 0.6 is 0 Å². The Hall–Kier alpha value is -2.17. The van der Waals surface area contributed by atoms with Crippen LogP contribution in [0.2, 0.25) is 0 Å². The molecule has 0 bridgehead atoms. The van der Waals surface area contributed by atoms with E-state index in [1.54, 1.807) is 23.7 Å². The lowest BCUT2D eigenvalue weighted by molar-refractivity contribution is 0.102. The summed E-state index contributed by atoms with van der Waals surface area (Å²) in [6.07, 6.45) is 0. The summed E-state index contributed by atoms with van der Waals surface area (Å²) in [4.78, 5) is 12.1. The summed E-state index contributed by atoms with van der Waals surface area (Å²) in [6, 6.07) is 4.44. The van der Waals surface area contributed by atoms with Gasteiger partial charge in [-0.05, 0) is 38.5 Å². The molecule has 0 saturated heterocycles. The minimum absolute atomic E-state index is 0.297. The maximum Gasteiger partial charge on any atom is 0.255 e. The van der Waals surface area contributed by atoms with Crippen LogP contribution in [0.25, 0.3) is 0 Å². The highest BCUT2D eigenvalue weighted by molar-refractivity contribution is 6.04. The highest BCUT2D eigenvalue weighted by Crippen LogP contribution is 2.19. The zero-order valence-corrected chi connectivity index (χ0v) is 11.4. The molecule has 2 rings (SSSR count). The van der Waals surface area contributed by atoms with Gasteiger partial charge in [-0.1, -0.05) is 6.07 Å². The number of hydrogen-bond acceptors (Lipinski definition) is 2. The number of hydrogen-bond donors (Lipinski definition) is 1. The Morgan fingerprint density at radius 3 is 2.53 bits per heavy atom. The highest BCUT2D eigenvalue weighted by atomic mass is 19.1. The van der Waals surface area contributed by atoms with Crippen molar-refractivity contribution in [1.82, 2.24) is 9.78 Å². The molecular formula is C14H16FN3O. The minimum atomic E-state index is -0.382. The van der Waals surface area contributed by atoms with Crippen molar-refractivity contribution in [3.05, 3.63) is 46.5 Å². The Morgan fingerprint density at radius 2 is 2.00 bits per heavy atom. The molecule has 0 spiro atoms. The van der Waals surface area contributed by atoms with E-state index < -0.39 is 0 Å². The molecule has 0 saturated carbocycles. The molecule has 4 nitrogen and oxygen atoms in total. The molecule has 100 valence electrons. The summed E-state index contributed by atoms with van der Waals surface area (Å²) < 4.78 is 15.1. The summed E-state index contributed by atoms with van der Waals surface area (Å²) in [5.41, 5.74) is 3.09. The van der Waals surface area contributed by atoms with Crippen LogP contribution in [-0.2, 0) is 7.05 Å². The van der Waals surface area contributed by atoms with Crippen LogP contribution in [-0.4, -0.2) is 15.7 Å². The second-order valence-electron chi connectivity index (χ2n) is 4.59. The van der Waals surface area contributed by atoms with Gasteiger partial charge in [0.15, 0.2) is 0 Å². The zero-order chi connectivity index (χ0) is 14.2. The molecule has 1 amide bonds. The molecule has 5 heteroatoms. The fraction of sp³-hybridized carbons (Fsp3) is 0.286. The summed E-state index contributed by atoms with van der Waals surface area (Å²) in [5.74, 6) is -0.717. The average molecular weight is 261 g/mol. The van der Waals surface area contributed by atoms with Crippen LogP contribution in [0.15, 0.2) is 18.2 Å². The molecule has 0 radical (unpaired) electrons. The first kappa shape index (κ1) is 13.3. The molecule has 0 unspecified atom stereocenters. The largest absolute Gasteiger partial charge is 0.319 e. The molecule has 1 aromatic heterocycles. The highest BCUT2D eigenvalue weighted by Gasteiger charge is 2.14. The molecule has 1 heterocycles. The van der Waals surface area contributed by atoms with Crippen molar-refractivity contribution >= 4 is 11.6 Å². The first-order chi connectivity index (χ1) is 8.90. The maximum atomic E-state index is 13.4. The number of carbonyl (C=O) groups is 1. The number of carbonyl (C=O) groups excluding carboxylic acids is 1. The molecule has 19 heavy (non-hydrogen) atoms. The lowest BCUT2D eigenvalue weighted by Gasteiger charge is -2.06. The third kappa shape index (κ3) is 2.50. The number of nitrogens with zero attached hydrogens (tertiary/aromatic N) is 2. The van der Waals surface area contributed by atoms with Gasteiger partial charge in [0.1, 0.15) is 5.82 Å². The van der Waals surface area contributed by atoms with Crippen molar-refractivity contribution in [2.45, 2.75) is 20.8 Å². The van der Waals surface area contributed by atoms with Crippen LogP contribution in [0.4, 0.5) is 10.1 Å².